The third kappa shape index (κ3) is 4.69. The van der Waals surface area contributed by atoms with Crippen LogP contribution in [-0.4, -0.2) is 35.2 Å². The highest BCUT2D eigenvalue weighted by molar-refractivity contribution is 6.03. The smallest absolute Gasteiger partial charge is 0.416 e. The van der Waals surface area contributed by atoms with Crippen molar-refractivity contribution in [1.82, 2.24) is 9.78 Å². The van der Waals surface area contributed by atoms with Gasteiger partial charge in [0.25, 0.3) is 0 Å². The Morgan fingerprint density at radius 1 is 1.12 bits per heavy atom. The highest BCUT2D eigenvalue weighted by Gasteiger charge is 2.36. The zero-order chi connectivity index (χ0) is 23.8. The number of nitrogens with one attached hydrogen (secondary N) is 1. The van der Waals surface area contributed by atoms with Crippen molar-refractivity contribution >= 4 is 23.3 Å². The molecule has 0 aliphatic carbocycles. The number of halogens is 3. The number of carbonyl (C=O) groups excluding carboxylic acids is 2. The molecule has 1 unspecified atom stereocenters. The summed E-state index contributed by atoms with van der Waals surface area (Å²) in [7, 11) is 1.52. The largest absolute Gasteiger partial charge is 0.497 e. The third-order valence-corrected chi connectivity index (χ3v) is 5.36. The van der Waals surface area contributed by atoms with Crippen LogP contribution in [0.2, 0.25) is 0 Å². The van der Waals surface area contributed by atoms with Crippen LogP contribution < -0.4 is 15.0 Å². The summed E-state index contributed by atoms with van der Waals surface area (Å²) in [4.78, 5) is 27.0. The van der Waals surface area contributed by atoms with Crippen LogP contribution in [-0.2, 0) is 15.8 Å². The highest BCUT2D eigenvalue weighted by atomic mass is 19.4. The first-order valence-corrected chi connectivity index (χ1v) is 10.2. The Balaban J connectivity index is 1.54. The van der Waals surface area contributed by atoms with Gasteiger partial charge in [0, 0.05) is 30.8 Å². The topological polar surface area (TPSA) is 76.5 Å². The number of benzene rings is 2. The summed E-state index contributed by atoms with van der Waals surface area (Å²) in [6.07, 6.45) is -4.49. The number of carbonyl (C=O) groups is 2. The summed E-state index contributed by atoms with van der Waals surface area (Å²) in [5.41, 5.74) is 0.484. The summed E-state index contributed by atoms with van der Waals surface area (Å²) >= 11 is 0. The summed E-state index contributed by atoms with van der Waals surface area (Å²) in [6.45, 7) is 1.85. The van der Waals surface area contributed by atoms with Crippen LogP contribution >= 0.6 is 0 Å². The second kappa shape index (κ2) is 8.61. The molecule has 1 aliphatic rings. The van der Waals surface area contributed by atoms with E-state index in [1.807, 2.05) is 0 Å². The highest BCUT2D eigenvalue weighted by Crippen LogP contribution is 2.32. The quantitative estimate of drug-likeness (QED) is 0.622. The van der Waals surface area contributed by atoms with Crippen molar-refractivity contribution in [3.63, 3.8) is 0 Å². The maximum atomic E-state index is 13.1. The van der Waals surface area contributed by atoms with E-state index in [9.17, 15) is 22.8 Å². The SMILES string of the molecule is COc1cccc(N2CC(C(=O)Nc3cc(C)nn3-c3cccc(C(F)(F)F)c3)CC2=O)c1. The first-order valence-electron chi connectivity index (χ1n) is 10.2. The molecule has 1 aliphatic heterocycles. The van der Waals surface area contributed by atoms with Crippen molar-refractivity contribution in [3.05, 3.63) is 65.9 Å². The minimum absolute atomic E-state index is 0.0136. The Hall–Kier alpha value is -3.82. The number of anilines is 2. The normalized spacial score (nSPS) is 16.2. The Morgan fingerprint density at radius 2 is 1.85 bits per heavy atom. The maximum absolute atomic E-state index is 13.1. The van der Waals surface area contributed by atoms with Gasteiger partial charge in [0.05, 0.1) is 30.0 Å². The number of aryl methyl sites for hydroxylation is 1. The molecule has 1 aromatic heterocycles. The fourth-order valence-electron chi connectivity index (χ4n) is 3.74. The van der Waals surface area contributed by atoms with Crippen molar-refractivity contribution in [1.29, 1.82) is 0 Å². The number of hydrogen-bond donors (Lipinski definition) is 1. The number of hydrogen-bond acceptors (Lipinski definition) is 4. The molecule has 0 spiro atoms. The predicted octanol–water partition coefficient (Wildman–Crippen LogP) is 4.20. The number of nitrogens with zero attached hydrogens (tertiary/aromatic N) is 3. The van der Waals surface area contributed by atoms with E-state index >= 15 is 0 Å². The van der Waals surface area contributed by atoms with E-state index < -0.39 is 23.6 Å². The molecule has 3 aromatic rings. The molecular weight excluding hydrogens is 437 g/mol. The summed E-state index contributed by atoms with van der Waals surface area (Å²) in [6, 6.07) is 13.2. The molecule has 0 saturated carbocycles. The van der Waals surface area contributed by atoms with E-state index in [1.165, 1.54) is 28.8 Å². The summed E-state index contributed by atoms with van der Waals surface area (Å²) in [5, 5.41) is 6.95. The van der Waals surface area contributed by atoms with Crippen LogP contribution in [0.5, 0.6) is 5.75 Å². The fraction of sp³-hybridized carbons (Fsp3) is 0.261. The standard InChI is InChI=1S/C23H21F3N4O3/c1-14-9-20(30(28-14)18-7-3-5-16(11-18)23(24,25)26)27-22(32)15-10-21(31)29(13-15)17-6-4-8-19(12-17)33-2/h3-9,11-12,15H,10,13H2,1-2H3,(H,27,32). The van der Waals surface area contributed by atoms with Gasteiger partial charge < -0.3 is 15.0 Å². The van der Waals surface area contributed by atoms with Gasteiger partial charge in [-0.1, -0.05) is 12.1 Å². The fourth-order valence-corrected chi connectivity index (χ4v) is 3.74. The average Bonchev–Trinajstić information content (AvgIpc) is 3.35. The molecule has 10 heteroatoms. The van der Waals surface area contributed by atoms with Crippen LogP contribution in [0.4, 0.5) is 24.7 Å². The van der Waals surface area contributed by atoms with E-state index in [2.05, 4.69) is 10.4 Å². The van der Waals surface area contributed by atoms with Crippen molar-refractivity contribution in [2.45, 2.75) is 19.5 Å². The van der Waals surface area contributed by atoms with Crippen molar-refractivity contribution in [3.8, 4) is 11.4 Å². The molecule has 1 fully saturated rings. The molecule has 2 heterocycles. The van der Waals surface area contributed by atoms with Crippen molar-refractivity contribution in [2.75, 3.05) is 23.9 Å². The Labute approximate surface area is 187 Å². The van der Waals surface area contributed by atoms with Gasteiger partial charge in [0.2, 0.25) is 11.8 Å². The number of rotatable bonds is 5. The Kier molecular flexibility index (Phi) is 5.84. The molecule has 0 bridgehead atoms. The monoisotopic (exact) mass is 458 g/mol. The Bertz CT molecular complexity index is 1210. The van der Waals surface area contributed by atoms with Gasteiger partial charge in [-0.05, 0) is 37.3 Å². The van der Waals surface area contributed by atoms with E-state index in [0.717, 1.165) is 12.1 Å². The van der Waals surface area contributed by atoms with Crippen molar-refractivity contribution in [2.24, 2.45) is 5.92 Å². The summed E-state index contributed by atoms with van der Waals surface area (Å²) < 4.78 is 45.8. The lowest BCUT2D eigenvalue weighted by Crippen LogP contribution is -2.28. The average molecular weight is 458 g/mol. The molecule has 1 saturated heterocycles. The van der Waals surface area contributed by atoms with E-state index in [0.29, 0.717) is 17.1 Å². The van der Waals surface area contributed by atoms with Gasteiger partial charge in [-0.15, -0.1) is 0 Å². The molecule has 2 amide bonds. The lowest BCUT2D eigenvalue weighted by Gasteiger charge is -2.17. The number of ether oxygens (including phenoxy) is 1. The molecule has 33 heavy (non-hydrogen) atoms. The molecule has 7 nitrogen and oxygen atoms in total. The number of alkyl halides is 3. The van der Waals surface area contributed by atoms with Gasteiger partial charge in [-0.3, -0.25) is 9.59 Å². The zero-order valence-corrected chi connectivity index (χ0v) is 17.9. The minimum atomic E-state index is -4.50. The molecule has 1 N–H and O–H groups in total. The van der Waals surface area contributed by atoms with Gasteiger partial charge in [-0.25, -0.2) is 4.68 Å². The number of aromatic nitrogens is 2. The second-order valence-corrected chi connectivity index (χ2v) is 7.73. The lowest BCUT2D eigenvalue weighted by atomic mass is 10.1. The van der Waals surface area contributed by atoms with Crippen LogP contribution in [0.25, 0.3) is 5.69 Å². The third-order valence-electron chi connectivity index (χ3n) is 5.36. The van der Waals surface area contributed by atoms with Crippen LogP contribution in [0, 0.1) is 12.8 Å². The first kappa shape index (κ1) is 22.4. The zero-order valence-electron chi connectivity index (χ0n) is 17.9. The van der Waals surface area contributed by atoms with Crippen LogP contribution in [0.1, 0.15) is 17.7 Å². The summed E-state index contributed by atoms with van der Waals surface area (Å²) in [5.74, 6) is -0.431. The Morgan fingerprint density at radius 3 is 2.58 bits per heavy atom. The molecule has 4 rings (SSSR count). The van der Waals surface area contributed by atoms with Gasteiger partial charge in [-0.2, -0.15) is 18.3 Å². The van der Waals surface area contributed by atoms with Crippen LogP contribution in [0.3, 0.4) is 0 Å². The van der Waals surface area contributed by atoms with Gasteiger partial charge in [0.1, 0.15) is 11.6 Å². The van der Waals surface area contributed by atoms with Gasteiger partial charge >= 0.3 is 6.18 Å². The molecular formula is C23H21F3N4O3. The van der Waals surface area contributed by atoms with E-state index in [-0.39, 0.29) is 30.4 Å². The van der Waals surface area contributed by atoms with Gasteiger partial charge in [0.15, 0.2) is 0 Å². The predicted molar refractivity (Wildman–Crippen MR) is 115 cm³/mol. The molecule has 0 radical (unpaired) electrons. The number of amides is 2. The van der Waals surface area contributed by atoms with Crippen LogP contribution in [0.15, 0.2) is 54.6 Å². The minimum Gasteiger partial charge on any atom is -0.497 e. The molecule has 2 aromatic carbocycles. The molecule has 1 atom stereocenters. The molecule has 172 valence electrons. The number of methoxy groups -OCH3 is 1. The first-order chi connectivity index (χ1) is 15.7. The van der Waals surface area contributed by atoms with Crippen molar-refractivity contribution < 1.29 is 27.5 Å². The van der Waals surface area contributed by atoms with E-state index in [4.69, 9.17) is 4.74 Å². The lowest BCUT2D eigenvalue weighted by molar-refractivity contribution is -0.137. The van der Waals surface area contributed by atoms with E-state index in [1.54, 1.807) is 37.3 Å². The second-order valence-electron chi connectivity index (χ2n) is 7.73. The maximum Gasteiger partial charge on any atom is 0.416 e.